The highest BCUT2D eigenvalue weighted by Gasteiger charge is 2.33. The van der Waals surface area contributed by atoms with E-state index in [2.05, 4.69) is 35.6 Å². The van der Waals surface area contributed by atoms with Crippen LogP contribution in [0.5, 0.6) is 11.5 Å². The summed E-state index contributed by atoms with van der Waals surface area (Å²) in [5.74, 6) is 1.23. The minimum absolute atomic E-state index is 0.140. The molecule has 0 spiro atoms. The van der Waals surface area contributed by atoms with Crippen molar-refractivity contribution < 1.29 is 27.8 Å². The van der Waals surface area contributed by atoms with Crippen LogP contribution >= 0.6 is 15.9 Å². The number of fused-ring (bicyclic) bond motifs is 2. The molecule has 5 rings (SSSR count). The van der Waals surface area contributed by atoms with Gasteiger partial charge in [0.1, 0.15) is 29.5 Å². The molecule has 0 fully saturated rings. The Morgan fingerprint density at radius 1 is 1.26 bits per heavy atom. The zero-order valence-electron chi connectivity index (χ0n) is 17.7. The molecule has 7 nitrogen and oxygen atoms in total. The fourth-order valence-corrected chi connectivity index (χ4v) is 4.45. The molecule has 2 aromatic heterocycles. The number of ether oxygens (including phenoxy) is 2. The maximum atomic E-state index is 12.7. The average molecular weight is 535 g/mol. The third-order valence-corrected chi connectivity index (χ3v) is 6.00. The van der Waals surface area contributed by atoms with E-state index in [1.54, 1.807) is 12.3 Å². The third kappa shape index (κ3) is 4.16. The Hall–Kier alpha value is -3.31. The highest BCUT2D eigenvalue weighted by Crippen LogP contribution is 2.44. The monoisotopic (exact) mass is 534 g/mol. The molecule has 0 saturated carbocycles. The number of hydrogen-bond donors (Lipinski definition) is 2. The van der Waals surface area contributed by atoms with Crippen LogP contribution in [0, 0.1) is 6.92 Å². The molecule has 0 amide bonds. The minimum atomic E-state index is -4.81. The Morgan fingerprint density at radius 2 is 2.09 bits per heavy atom. The summed E-state index contributed by atoms with van der Waals surface area (Å²) < 4.78 is 48.5. The number of aryl methyl sites for hydroxylation is 1. The predicted molar refractivity (Wildman–Crippen MR) is 123 cm³/mol. The number of pyridine rings is 1. The lowest BCUT2D eigenvalue weighted by Crippen LogP contribution is -2.43. The number of aromatic amines is 1. The summed E-state index contributed by atoms with van der Waals surface area (Å²) in [4.78, 5) is 14.1. The maximum absolute atomic E-state index is 12.7. The zero-order valence-corrected chi connectivity index (χ0v) is 19.3. The number of alkyl halides is 3. The van der Waals surface area contributed by atoms with Crippen LogP contribution in [-0.4, -0.2) is 45.7 Å². The van der Waals surface area contributed by atoms with Crippen molar-refractivity contribution in [3.05, 3.63) is 58.7 Å². The normalized spacial score (nSPS) is 15.8. The van der Waals surface area contributed by atoms with E-state index in [9.17, 15) is 18.3 Å². The number of para-hydroxylation sites is 1. The molecule has 2 aromatic carbocycles. The largest absolute Gasteiger partial charge is 0.573 e. The van der Waals surface area contributed by atoms with Gasteiger partial charge in [-0.3, -0.25) is 0 Å². The van der Waals surface area contributed by atoms with Gasteiger partial charge in [0, 0.05) is 16.7 Å². The molecule has 1 atom stereocenters. The van der Waals surface area contributed by atoms with E-state index in [-0.39, 0.29) is 25.0 Å². The Kier molecular flexibility index (Phi) is 5.61. The molecule has 1 aliphatic heterocycles. The van der Waals surface area contributed by atoms with Crippen LogP contribution in [0.2, 0.25) is 0 Å². The van der Waals surface area contributed by atoms with Gasteiger partial charge in [-0.1, -0.05) is 12.1 Å². The van der Waals surface area contributed by atoms with Crippen molar-refractivity contribution in [2.24, 2.45) is 0 Å². The van der Waals surface area contributed by atoms with E-state index in [4.69, 9.17) is 4.74 Å². The first-order valence-corrected chi connectivity index (χ1v) is 11.1. The summed E-state index contributed by atoms with van der Waals surface area (Å²) >= 11 is 3.27. The second kappa shape index (κ2) is 8.48. The molecule has 1 unspecified atom stereocenters. The molecule has 3 heterocycles. The van der Waals surface area contributed by atoms with E-state index in [1.165, 1.54) is 12.1 Å². The standard InChI is InChI=1S/C23H18BrF3N4O3/c1-12-5-6-19(28-9-12)31-13(10-32)11-33-21-15(3-2-4-18(21)31)22-29-17-8-14(34-23(25,26)27)7-16(24)20(17)30-22/h2-9,13,32H,10-11H2,1H3,(H,29,30). The number of anilines is 2. The van der Waals surface area contributed by atoms with Crippen LogP contribution in [0.15, 0.2) is 53.1 Å². The highest BCUT2D eigenvalue weighted by molar-refractivity contribution is 9.10. The summed E-state index contributed by atoms with van der Waals surface area (Å²) in [7, 11) is 0. The Morgan fingerprint density at radius 3 is 2.79 bits per heavy atom. The second-order valence-electron chi connectivity index (χ2n) is 7.80. The van der Waals surface area contributed by atoms with Crippen LogP contribution in [0.4, 0.5) is 24.7 Å². The molecule has 34 heavy (non-hydrogen) atoms. The van der Waals surface area contributed by atoms with Gasteiger partial charge in [-0.15, -0.1) is 13.2 Å². The van der Waals surface area contributed by atoms with Crippen LogP contribution in [0.3, 0.4) is 0 Å². The quantitative estimate of drug-likeness (QED) is 0.360. The topological polar surface area (TPSA) is 83.5 Å². The van der Waals surface area contributed by atoms with Gasteiger partial charge >= 0.3 is 6.36 Å². The first-order valence-electron chi connectivity index (χ1n) is 10.3. The smallest absolute Gasteiger partial charge is 0.488 e. The summed E-state index contributed by atoms with van der Waals surface area (Å²) in [5.41, 5.74) is 3.13. The lowest BCUT2D eigenvalue weighted by atomic mass is 10.1. The number of nitrogens with zero attached hydrogens (tertiary/aromatic N) is 3. The van der Waals surface area contributed by atoms with Gasteiger partial charge < -0.3 is 24.5 Å². The van der Waals surface area contributed by atoms with Crippen molar-refractivity contribution >= 4 is 38.5 Å². The third-order valence-electron chi connectivity index (χ3n) is 5.39. The molecule has 0 saturated heterocycles. The summed E-state index contributed by atoms with van der Waals surface area (Å²) in [6, 6.07) is 11.4. The lowest BCUT2D eigenvalue weighted by molar-refractivity contribution is -0.274. The number of aromatic nitrogens is 3. The van der Waals surface area contributed by atoms with Gasteiger partial charge in [0.05, 0.1) is 29.4 Å². The minimum Gasteiger partial charge on any atom is -0.488 e. The number of hydrogen-bond acceptors (Lipinski definition) is 6. The van der Waals surface area contributed by atoms with Crippen LogP contribution in [0.25, 0.3) is 22.4 Å². The van der Waals surface area contributed by atoms with E-state index in [0.717, 1.165) is 5.56 Å². The van der Waals surface area contributed by atoms with Crippen LogP contribution < -0.4 is 14.4 Å². The number of halogens is 4. The van der Waals surface area contributed by atoms with Crippen molar-refractivity contribution in [1.82, 2.24) is 15.0 Å². The number of aliphatic hydroxyl groups excluding tert-OH is 1. The Bertz CT molecular complexity index is 1360. The van der Waals surface area contributed by atoms with Crippen molar-refractivity contribution in [1.29, 1.82) is 0 Å². The number of imidazole rings is 1. The van der Waals surface area contributed by atoms with Crippen LogP contribution in [-0.2, 0) is 0 Å². The lowest BCUT2D eigenvalue weighted by Gasteiger charge is -2.37. The van der Waals surface area contributed by atoms with Gasteiger partial charge in [-0.05, 0) is 52.7 Å². The molecule has 0 radical (unpaired) electrons. The number of rotatable bonds is 4. The van der Waals surface area contributed by atoms with Crippen molar-refractivity contribution in [2.75, 3.05) is 18.1 Å². The molecule has 176 valence electrons. The summed E-state index contributed by atoms with van der Waals surface area (Å²) in [5, 5.41) is 9.96. The Labute approximate surface area is 200 Å². The second-order valence-corrected chi connectivity index (χ2v) is 8.65. The zero-order chi connectivity index (χ0) is 24.0. The summed E-state index contributed by atoms with van der Waals surface area (Å²) in [6.45, 7) is 2.01. The number of nitrogens with one attached hydrogen (secondary N) is 1. The van der Waals surface area contributed by atoms with Crippen molar-refractivity contribution in [3.8, 4) is 22.9 Å². The van der Waals surface area contributed by atoms with Gasteiger partial charge in [0.25, 0.3) is 0 Å². The number of benzene rings is 2. The maximum Gasteiger partial charge on any atom is 0.573 e. The fourth-order valence-electron chi connectivity index (χ4n) is 3.92. The van der Waals surface area contributed by atoms with Gasteiger partial charge in [0.2, 0.25) is 0 Å². The molecule has 4 aromatic rings. The van der Waals surface area contributed by atoms with Crippen LogP contribution in [0.1, 0.15) is 5.56 Å². The first kappa shape index (κ1) is 22.5. The van der Waals surface area contributed by atoms with Crippen molar-refractivity contribution in [3.63, 3.8) is 0 Å². The molecular weight excluding hydrogens is 517 g/mol. The van der Waals surface area contributed by atoms with E-state index in [1.807, 2.05) is 36.1 Å². The van der Waals surface area contributed by atoms with Gasteiger partial charge in [0.15, 0.2) is 5.75 Å². The van der Waals surface area contributed by atoms with Gasteiger partial charge in [-0.25, -0.2) is 9.97 Å². The molecular formula is C23H18BrF3N4O3. The first-order chi connectivity index (χ1) is 16.2. The molecule has 11 heteroatoms. The van der Waals surface area contributed by atoms with E-state index >= 15 is 0 Å². The Balaban J connectivity index is 1.60. The predicted octanol–water partition coefficient (Wildman–Crippen LogP) is 5.49. The number of aliphatic hydroxyl groups is 1. The van der Waals surface area contributed by atoms with E-state index in [0.29, 0.717) is 44.1 Å². The molecule has 1 aliphatic rings. The van der Waals surface area contributed by atoms with E-state index < -0.39 is 6.36 Å². The average Bonchev–Trinajstić information content (AvgIpc) is 3.22. The molecule has 0 bridgehead atoms. The number of H-pyrrole nitrogens is 1. The summed E-state index contributed by atoms with van der Waals surface area (Å²) in [6.07, 6.45) is -3.06. The molecule has 0 aliphatic carbocycles. The highest BCUT2D eigenvalue weighted by atomic mass is 79.9. The van der Waals surface area contributed by atoms with Crippen molar-refractivity contribution in [2.45, 2.75) is 19.3 Å². The fraction of sp³-hybridized carbons (Fsp3) is 0.217. The molecule has 2 N–H and O–H groups in total. The van der Waals surface area contributed by atoms with Gasteiger partial charge in [-0.2, -0.15) is 0 Å². The SMILES string of the molecule is Cc1ccc(N2c3cccc(-c4nc5c(Br)cc(OC(F)(F)F)cc5[nH]4)c3OCC2CO)nc1.